The molecule has 0 aliphatic rings. The maximum Gasteiger partial charge on any atom is 0.330 e. The molecule has 0 spiro atoms. The van der Waals surface area contributed by atoms with E-state index in [4.69, 9.17) is 16.3 Å². The lowest BCUT2D eigenvalue weighted by atomic mass is 10.0. The summed E-state index contributed by atoms with van der Waals surface area (Å²) in [4.78, 5) is 23.8. The first-order chi connectivity index (χ1) is 9.22. The molecule has 0 aromatic heterocycles. The number of rotatable bonds is 4. The van der Waals surface area contributed by atoms with Crippen molar-refractivity contribution in [1.29, 1.82) is 0 Å². The van der Waals surface area contributed by atoms with Gasteiger partial charge in [-0.25, -0.2) is 4.79 Å². The second kappa shape index (κ2) is 6.62. The van der Waals surface area contributed by atoms with Gasteiger partial charge in [0.2, 0.25) is 0 Å². The van der Waals surface area contributed by atoms with Crippen molar-refractivity contribution in [3.63, 3.8) is 0 Å². The molecule has 0 aliphatic heterocycles. The lowest BCUT2D eigenvalue weighted by Gasteiger charge is -2.23. The number of esters is 1. The summed E-state index contributed by atoms with van der Waals surface area (Å²) in [5.74, 6) is -0.617. The second-order valence-electron chi connectivity index (χ2n) is 4.54. The fourth-order valence-corrected chi connectivity index (χ4v) is 2.13. The van der Waals surface area contributed by atoms with Gasteiger partial charge in [-0.05, 0) is 48.6 Å². The molecule has 0 heterocycles. The van der Waals surface area contributed by atoms with Crippen LogP contribution in [0.5, 0.6) is 5.75 Å². The molecule has 5 nitrogen and oxygen atoms in total. The van der Waals surface area contributed by atoms with Crippen molar-refractivity contribution >= 4 is 46.1 Å². The van der Waals surface area contributed by atoms with E-state index >= 15 is 0 Å². The summed E-state index contributed by atoms with van der Waals surface area (Å²) < 4.78 is 10.6. The number of hydrogen-bond donors (Lipinski definition) is 1. The summed E-state index contributed by atoms with van der Waals surface area (Å²) in [7, 11) is 2.72. The standard InChI is InChI=1S/C13H15ClINO4/c1-13(2,12(18)20-4)16-11(17)7-5-8(14)9(15)6-10(7)19-3/h5-6H,1-4H3,(H,16,17). The summed E-state index contributed by atoms with van der Waals surface area (Å²) >= 11 is 8.05. The van der Waals surface area contributed by atoms with E-state index in [0.29, 0.717) is 10.8 Å². The van der Waals surface area contributed by atoms with Crippen molar-refractivity contribution in [1.82, 2.24) is 5.32 Å². The van der Waals surface area contributed by atoms with Crippen LogP contribution in [0.1, 0.15) is 24.2 Å². The van der Waals surface area contributed by atoms with Crippen LogP contribution in [0.3, 0.4) is 0 Å². The number of carbonyl (C=O) groups is 2. The highest BCUT2D eigenvalue weighted by Crippen LogP contribution is 2.28. The zero-order chi connectivity index (χ0) is 15.5. The molecule has 0 unspecified atom stereocenters. The number of benzene rings is 1. The van der Waals surface area contributed by atoms with Gasteiger partial charge in [0, 0.05) is 3.57 Å². The Morgan fingerprint density at radius 2 is 1.90 bits per heavy atom. The number of hydrogen-bond acceptors (Lipinski definition) is 4. The summed E-state index contributed by atoms with van der Waals surface area (Å²) in [6.07, 6.45) is 0. The van der Waals surface area contributed by atoms with Crippen LogP contribution < -0.4 is 10.1 Å². The predicted molar refractivity (Wildman–Crippen MR) is 84.3 cm³/mol. The van der Waals surface area contributed by atoms with E-state index < -0.39 is 17.4 Å². The van der Waals surface area contributed by atoms with Crippen LogP contribution in [0.15, 0.2) is 12.1 Å². The Balaban J connectivity index is 3.10. The fraction of sp³-hybridized carbons (Fsp3) is 0.385. The lowest BCUT2D eigenvalue weighted by Crippen LogP contribution is -2.50. The minimum Gasteiger partial charge on any atom is -0.496 e. The van der Waals surface area contributed by atoms with Crippen LogP contribution in [-0.4, -0.2) is 31.6 Å². The van der Waals surface area contributed by atoms with Crippen LogP contribution >= 0.6 is 34.2 Å². The summed E-state index contributed by atoms with van der Waals surface area (Å²) in [6.45, 7) is 3.11. The van der Waals surface area contributed by atoms with E-state index in [1.165, 1.54) is 20.3 Å². The first-order valence-electron chi connectivity index (χ1n) is 5.67. The fourth-order valence-electron chi connectivity index (χ4n) is 1.53. The van der Waals surface area contributed by atoms with Gasteiger partial charge in [-0.1, -0.05) is 11.6 Å². The highest BCUT2D eigenvalue weighted by molar-refractivity contribution is 14.1. The molecule has 1 aromatic rings. The van der Waals surface area contributed by atoms with E-state index in [-0.39, 0.29) is 5.56 Å². The minimum atomic E-state index is -1.15. The topological polar surface area (TPSA) is 64.6 Å². The number of halogens is 2. The first kappa shape index (κ1) is 17.0. The van der Waals surface area contributed by atoms with Crippen LogP contribution in [0.4, 0.5) is 0 Å². The Morgan fingerprint density at radius 1 is 1.30 bits per heavy atom. The van der Waals surface area contributed by atoms with Gasteiger partial charge in [-0.3, -0.25) is 4.79 Å². The maximum absolute atomic E-state index is 12.3. The Kier molecular flexibility index (Phi) is 5.64. The minimum absolute atomic E-state index is 0.259. The van der Waals surface area contributed by atoms with Gasteiger partial charge in [-0.15, -0.1) is 0 Å². The zero-order valence-electron chi connectivity index (χ0n) is 11.5. The van der Waals surface area contributed by atoms with Crippen LogP contribution in [0.2, 0.25) is 5.02 Å². The molecule has 0 aliphatic carbocycles. The molecular formula is C13H15ClINO4. The molecule has 7 heteroatoms. The highest BCUT2D eigenvalue weighted by atomic mass is 127. The SMILES string of the molecule is COC(=O)C(C)(C)NC(=O)c1cc(Cl)c(I)cc1OC. The second-order valence-corrected chi connectivity index (χ2v) is 6.11. The third-order valence-electron chi connectivity index (χ3n) is 2.61. The Hall–Kier alpha value is -1.02. The Labute approximate surface area is 136 Å². The van der Waals surface area contributed by atoms with Gasteiger partial charge in [0.15, 0.2) is 0 Å². The van der Waals surface area contributed by atoms with E-state index in [0.717, 1.165) is 3.57 Å². The lowest BCUT2D eigenvalue weighted by molar-refractivity contribution is -0.146. The quantitative estimate of drug-likeness (QED) is 0.611. The maximum atomic E-state index is 12.3. The van der Waals surface area contributed by atoms with Gasteiger partial charge >= 0.3 is 5.97 Å². The molecular weight excluding hydrogens is 397 g/mol. The molecule has 0 radical (unpaired) electrons. The zero-order valence-corrected chi connectivity index (χ0v) is 14.5. The molecule has 20 heavy (non-hydrogen) atoms. The van der Waals surface area contributed by atoms with E-state index in [9.17, 15) is 9.59 Å². The average molecular weight is 412 g/mol. The van der Waals surface area contributed by atoms with E-state index in [1.807, 2.05) is 22.6 Å². The van der Waals surface area contributed by atoms with Gasteiger partial charge in [0.1, 0.15) is 11.3 Å². The number of amides is 1. The van der Waals surface area contributed by atoms with Crippen molar-refractivity contribution in [3.05, 3.63) is 26.3 Å². The molecule has 0 fully saturated rings. The number of methoxy groups -OCH3 is 2. The van der Waals surface area contributed by atoms with Crippen molar-refractivity contribution in [3.8, 4) is 5.75 Å². The van der Waals surface area contributed by atoms with Crippen molar-refractivity contribution < 1.29 is 19.1 Å². The van der Waals surface area contributed by atoms with Crippen molar-refractivity contribution in [2.45, 2.75) is 19.4 Å². The largest absolute Gasteiger partial charge is 0.496 e. The summed E-state index contributed by atoms with van der Waals surface area (Å²) in [6, 6.07) is 3.16. The predicted octanol–water partition coefficient (Wildman–Crippen LogP) is 2.63. The molecule has 0 saturated heterocycles. The molecule has 1 aromatic carbocycles. The Morgan fingerprint density at radius 3 is 2.40 bits per heavy atom. The van der Waals surface area contributed by atoms with Crippen molar-refractivity contribution in [2.75, 3.05) is 14.2 Å². The third kappa shape index (κ3) is 3.76. The smallest absolute Gasteiger partial charge is 0.330 e. The van der Waals surface area contributed by atoms with E-state index in [2.05, 4.69) is 10.1 Å². The molecule has 1 N–H and O–H groups in total. The van der Waals surface area contributed by atoms with Crippen LogP contribution in [0, 0.1) is 3.57 Å². The molecule has 0 saturated carbocycles. The number of nitrogens with one attached hydrogen (secondary N) is 1. The van der Waals surface area contributed by atoms with Gasteiger partial charge in [-0.2, -0.15) is 0 Å². The number of ether oxygens (including phenoxy) is 2. The van der Waals surface area contributed by atoms with Gasteiger partial charge in [0.05, 0.1) is 24.8 Å². The van der Waals surface area contributed by atoms with E-state index in [1.54, 1.807) is 19.9 Å². The summed E-state index contributed by atoms with van der Waals surface area (Å²) in [5.41, 5.74) is -0.887. The normalized spacial score (nSPS) is 10.9. The third-order valence-corrected chi connectivity index (χ3v) is 4.13. The molecule has 1 rings (SSSR count). The van der Waals surface area contributed by atoms with Crippen LogP contribution in [0.25, 0.3) is 0 Å². The molecule has 1 amide bonds. The Bertz CT molecular complexity index is 545. The van der Waals surface area contributed by atoms with Crippen LogP contribution in [-0.2, 0) is 9.53 Å². The average Bonchev–Trinajstić information content (AvgIpc) is 2.39. The molecule has 110 valence electrons. The number of carbonyl (C=O) groups excluding carboxylic acids is 2. The van der Waals surface area contributed by atoms with Gasteiger partial charge in [0.25, 0.3) is 5.91 Å². The first-order valence-corrected chi connectivity index (χ1v) is 7.12. The molecule has 0 bridgehead atoms. The van der Waals surface area contributed by atoms with Crippen molar-refractivity contribution in [2.24, 2.45) is 0 Å². The van der Waals surface area contributed by atoms with Gasteiger partial charge < -0.3 is 14.8 Å². The molecule has 0 atom stereocenters. The highest BCUT2D eigenvalue weighted by Gasteiger charge is 2.31. The summed E-state index contributed by atoms with van der Waals surface area (Å²) in [5, 5.41) is 3.03. The monoisotopic (exact) mass is 411 g/mol.